The highest BCUT2D eigenvalue weighted by Crippen LogP contribution is 2.46. The number of hydrogen-bond acceptors (Lipinski definition) is 4. The molecule has 35 heavy (non-hydrogen) atoms. The van der Waals surface area contributed by atoms with Gasteiger partial charge in [-0.1, -0.05) is 13.8 Å². The molecule has 4 aromatic rings. The molecule has 0 spiro atoms. The summed E-state index contributed by atoms with van der Waals surface area (Å²) in [7, 11) is 1.60. The maximum absolute atomic E-state index is 16.2. The molecule has 2 aromatic carbocycles. The SMILES string of the molecule is COCC(C)(C)c1c([C@@H]2COC(C(=O)O)C2)c2c(F)c3[nH]ncc3cc2n1-c1ccc(F)c(C)c1. The molecule has 3 heterocycles. The third-order valence-corrected chi connectivity index (χ3v) is 6.87. The van der Waals surface area contributed by atoms with Gasteiger partial charge >= 0.3 is 5.97 Å². The molecule has 1 saturated heterocycles. The first-order valence-electron chi connectivity index (χ1n) is 11.4. The van der Waals surface area contributed by atoms with Crippen molar-refractivity contribution in [2.45, 2.75) is 44.6 Å². The molecule has 0 radical (unpaired) electrons. The zero-order valence-electron chi connectivity index (χ0n) is 20.0. The quantitative estimate of drug-likeness (QED) is 0.404. The Kier molecular flexibility index (Phi) is 5.64. The molecule has 1 aliphatic heterocycles. The number of benzene rings is 2. The number of carboxylic acid groups (broad SMARTS) is 1. The Morgan fingerprint density at radius 1 is 1.34 bits per heavy atom. The maximum atomic E-state index is 16.2. The van der Waals surface area contributed by atoms with Crippen LogP contribution in [-0.4, -0.2) is 52.3 Å². The number of aromatic amines is 1. The van der Waals surface area contributed by atoms with Gasteiger partial charge in [-0.3, -0.25) is 5.10 Å². The molecular formula is C26H27F2N3O4. The molecule has 1 unspecified atom stereocenters. The van der Waals surface area contributed by atoms with Gasteiger partial charge in [0.15, 0.2) is 11.9 Å². The topological polar surface area (TPSA) is 89.4 Å². The van der Waals surface area contributed by atoms with Gasteiger partial charge in [0.2, 0.25) is 0 Å². The number of hydrogen-bond donors (Lipinski definition) is 2. The summed E-state index contributed by atoms with van der Waals surface area (Å²) in [6.07, 6.45) is 0.806. The van der Waals surface area contributed by atoms with Crippen LogP contribution in [0.4, 0.5) is 8.78 Å². The largest absolute Gasteiger partial charge is 0.479 e. The highest BCUT2D eigenvalue weighted by Gasteiger charge is 2.40. The summed E-state index contributed by atoms with van der Waals surface area (Å²) in [4.78, 5) is 11.7. The molecule has 0 bridgehead atoms. The first kappa shape index (κ1) is 23.4. The predicted molar refractivity (Wildman–Crippen MR) is 127 cm³/mol. The Balaban J connectivity index is 1.92. The van der Waals surface area contributed by atoms with E-state index in [4.69, 9.17) is 9.47 Å². The van der Waals surface area contributed by atoms with Crippen molar-refractivity contribution in [2.75, 3.05) is 20.3 Å². The van der Waals surface area contributed by atoms with Crippen molar-refractivity contribution in [2.24, 2.45) is 0 Å². The lowest BCUT2D eigenvalue weighted by Crippen LogP contribution is -2.29. The number of rotatable bonds is 6. The van der Waals surface area contributed by atoms with E-state index in [9.17, 15) is 14.3 Å². The number of aromatic nitrogens is 3. The first-order chi connectivity index (χ1) is 16.6. The molecular weight excluding hydrogens is 456 g/mol. The van der Waals surface area contributed by atoms with Crippen molar-refractivity contribution >= 4 is 27.8 Å². The number of aryl methyl sites for hydroxylation is 1. The highest BCUT2D eigenvalue weighted by atomic mass is 19.1. The molecule has 1 aliphatic rings. The number of nitrogens with zero attached hydrogens (tertiary/aromatic N) is 2. The van der Waals surface area contributed by atoms with Crippen molar-refractivity contribution < 1.29 is 28.2 Å². The molecule has 0 amide bonds. The molecule has 7 nitrogen and oxygen atoms in total. The van der Waals surface area contributed by atoms with E-state index in [1.807, 2.05) is 24.5 Å². The third kappa shape index (κ3) is 3.70. The lowest BCUT2D eigenvalue weighted by molar-refractivity contribution is -0.147. The van der Waals surface area contributed by atoms with Gasteiger partial charge in [0, 0.05) is 40.6 Å². The van der Waals surface area contributed by atoms with Crippen LogP contribution in [-0.2, 0) is 19.7 Å². The van der Waals surface area contributed by atoms with E-state index in [1.54, 1.807) is 32.4 Å². The zero-order valence-corrected chi connectivity index (χ0v) is 20.0. The van der Waals surface area contributed by atoms with Crippen LogP contribution < -0.4 is 0 Å². The second-order valence-electron chi connectivity index (χ2n) is 9.86. The van der Waals surface area contributed by atoms with Crippen LogP contribution in [0.5, 0.6) is 0 Å². The number of nitrogens with one attached hydrogen (secondary N) is 1. The second kappa shape index (κ2) is 8.42. The van der Waals surface area contributed by atoms with Crippen LogP contribution in [0.3, 0.4) is 0 Å². The van der Waals surface area contributed by atoms with Crippen LogP contribution in [0.25, 0.3) is 27.5 Å². The summed E-state index contributed by atoms with van der Waals surface area (Å²) in [5, 5.41) is 17.3. The van der Waals surface area contributed by atoms with E-state index >= 15 is 4.39 Å². The molecule has 9 heteroatoms. The molecule has 2 aromatic heterocycles. The molecule has 5 rings (SSSR count). The van der Waals surface area contributed by atoms with Crippen molar-refractivity contribution in [3.05, 3.63) is 58.9 Å². The molecule has 2 atom stereocenters. The minimum Gasteiger partial charge on any atom is -0.479 e. The molecule has 0 aliphatic carbocycles. The maximum Gasteiger partial charge on any atom is 0.332 e. The smallest absolute Gasteiger partial charge is 0.332 e. The number of halogens is 2. The minimum absolute atomic E-state index is 0.148. The summed E-state index contributed by atoms with van der Waals surface area (Å²) in [6.45, 7) is 6.15. The lowest BCUT2D eigenvalue weighted by atomic mass is 9.82. The summed E-state index contributed by atoms with van der Waals surface area (Å²) in [5.41, 5.74) is 2.86. The second-order valence-corrected chi connectivity index (χ2v) is 9.86. The van der Waals surface area contributed by atoms with Gasteiger partial charge in [-0.25, -0.2) is 13.6 Å². The summed E-state index contributed by atoms with van der Waals surface area (Å²) < 4.78 is 43.5. The third-order valence-electron chi connectivity index (χ3n) is 6.87. The van der Waals surface area contributed by atoms with Crippen LogP contribution in [0.1, 0.15) is 43.0 Å². The number of ether oxygens (including phenoxy) is 2. The first-order valence-corrected chi connectivity index (χ1v) is 11.4. The Morgan fingerprint density at radius 2 is 2.11 bits per heavy atom. The number of methoxy groups -OCH3 is 1. The van der Waals surface area contributed by atoms with Crippen molar-refractivity contribution in [1.29, 1.82) is 0 Å². The molecule has 2 N–H and O–H groups in total. The molecule has 184 valence electrons. The minimum atomic E-state index is -1.04. The number of fused-ring (bicyclic) bond motifs is 2. The van der Waals surface area contributed by atoms with Gasteiger partial charge in [0.05, 0.1) is 24.9 Å². The van der Waals surface area contributed by atoms with E-state index in [-0.39, 0.29) is 30.3 Å². The average Bonchev–Trinajstić information content (AvgIpc) is 3.52. The van der Waals surface area contributed by atoms with Gasteiger partial charge < -0.3 is 19.1 Å². The van der Waals surface area contributed by atoms with Crippen LogP contribution >= 0.6 is 0 Å². The van der Waals surface area contributed by atoms with Gasteiger partial charge in [0.25, 0.3) is 0 Å². The van der Waals surface area contributed by atoms with E-state index < -0.39 is 23.3 Å². The average molecular weight is 484 g/mol. The van der Waals surface area contributed by atoms with Crippen molar-refractivity contribution in [1.82, 2.24) is 14.8 Å². The fourth-order valence-electron chi connectivity index (χ4n) is 5.36. The summed E-state index contributed by atoms with van der Waals surface area (Å²) in [6, 6.07) is 6.65. The van der Waals surface area contributed by atoms with E-state index in [0.29, 0.717) is 39.7 Å². The number of aliphatic carboxylic acids is 1. The lowest BCUT2D eigenvalue weighted by Gasteiger charge is -2.29. The fourth-order valence-corrected chi connectivity index (χ4v) is 5.36. The Labute approximate surface area is 200 Å². The normalized spacial score (nSPS) is 18.7. The van der Waals surface area contributed by atoms with Crippen molar-refractivity contribution in [3.63, 3.8) is 0 Å². The van der Waals surface area contributed by atoms with Crippen LogP contribution in [0, 0.1) is 18.6 Å². The van der Waals surface area contributed by atoms with E-state index in [0.717, 1.165) is 5.69 Å². The van der Waals surface area contributed by atoms with Gasteiger partial charge in [-0.05, 0) is 48.7 Å². The van der Waals surface area contributed by atoms with E-state index in [2.05, 4.69) is 10.2 Å². The monoisotopic (exact) mass is 483 g/mol. The zero-order chi connectivity index (χ0) is 25.1. The molecule has 0 saturated carbocycles. The van der Waals surface area contributed by atoms with Gasteiger partial charge in [-0.2, -0.15) is 5.10 Å². The Bertz CT molecular complexity index is 1460. The van der Waals surface area contributed by atoms with Crippen LogP contribution in [0.15, 0.2) is 30.5 Å². The molecule has 1 fully saturated rings. The predicted octanol–water partition coefficient (Wildman–Crippen LogP) is 4.97. The highest BCUT2D eigenvalue weighted by molar-refractivity contribution is 6.00. The Hall–Kier alpha value is -3.30. The van der Waals surface area contributed by atoms with E-state index in [1.165, 1.54) is 6.07 Å². The summed E-state index contributed by atoms with van der Waals surface area (Å²) in [5.74, 6) is -2.20. The standard InChI is InChI=1S/C26H27F2N3O4/c1-13-7-16(5-6-17(13)27)31-18-8-14-10-29-30-23(14)22(28)21(18)20(24(31)26(2,3)12-34-4)15-9-19(25(32)33)35-11-15/h5-8,10,15,19H,9,11-12H2,1-4H3,(H,29,30)(H,32,33)/t15-,19?/m0/s1. The van der Waals surface area contributed by atoms with Crippen molar-refractivity contribution in [3.8, 4) is 5.69 Å². The fraction of sp³-hybridized carbons (Fsp3) is 0.385. The van der Waals surface area contributed by atoms with Gasteiger partial charge in [0.1, 0.15) is 11.3 Å². The number of carbonyl (C=O) groups is 1. The van der Waals surface area contributed by atoms with Gasteiger partial charge in [-0.15, -0.1) is 0 Å². The number of H-pyrrole nitrogens is 1. The Morgan fingerprint density at radius 3 is 2.77 bits per heavy atom. The van der Waals surface area contributed by atoms with Crippen LogP contribution in [0.2, 0.25) is 0 Å². The summed E-state index contributed by atoms with van der Waals surface area (Å²) >= 11 is 0. The number of carboxylic acids is 1.